The van der Waals surface area contributed by atoms with Gasteiger partial charge in [-0.05, 0) is 47.1 Å². The van der Waals surface area contributed by atoms with Gasteiger partial charge in [0.05, 0.1) is 12.7 Å². The smallest absolute Gasteiger partial charge is 0.0829 e. The van der Waals surface area contributed by atoms with Crippen LogP contribution in [-0.4, -0.2) is 87.3 Å². The Hall–Kier alpha value is -0.160. The van der Waals surface area contributed by atoms with E-state index < -0.39 is 0 Å². The summed E-state index contributed by atoms with van der Waals surface area (Å²) in [5.41, 5.74) is 0. The molecule has 0 aromatic carbocycles. The van der Waals surface area contributed by atoms with Gasteiger partial charge in [-0.15, -0.1) is 0 Å². The van der Waals surface area contributed by atoms with E-state index >= 15 is 0 Å². The van der Waals surface area contributed by atoms with Gasteiger partial charge in [-0.2, -0.15) is 0 Å². The highest BCUT2D eigenvalue weighted by atomic mass is 16.5. The van der Waals surface area contributed by atoms with E-state index in [9.17, 15) is 0 Å². The monoisotopic (exact) mass is 241 g/mol. The fourth-order valence-electron chi connectivity index (χ4n) is 2.88. The second-order valence-corrected chi connectivity index (χ2v) is 5.75. The number of nitrogens with zero attached hydrogens (tertiary/aromatic N) is 3. The molecular formula is C13H27N3O. The zero-order chi connectivity index (χ0) is 12.3. The van der Waals surface area contributed by atoms with E-state index in [1.165, 1.54) is 25.9 Å². The molecule has 0 aliphatic carbocycles. The maximum absolute atomic E-state index is 5.83. The Morgan fingerprint density at radius 1 is 1.18 bits per heavy atom. The lowest BCUT2D eigenvalue weighted by molar-refractivity contribution is -0.0399. The molecule has 0 bridgehead atoms. The summed E-state index contributed by atoms with van der Waals surface area (Å²) in [5, 5.41) is 0. The lowest BCUT2D eigenvalue weighted by Gasteiger charge is -2.38. The van der Waals surface area contributed by atoms with Gasteiger partial charge >= 0.3 is 0 Å². The van der Waals surface area contributed by atoms with Crippen LogP contribution in [0.5, 0.6) is 0 Å². The fourth-order valence-corrected chi connectivity index (χ4v) is 2.88. The summed E-state index contributed by atoms with van der Waals surface area (Å²) in [6, 6.07) is 0.779. The van der Waals surface area contributed by atoms with Crippen molar-refractivity contribution in [1.29, 1.82) is 0 Å². The maximum Gasteiger partial charge on any atom is 0.0829 e. The van der Waals surface area contributed by atoms with Gasteiger partial charge < -0.3 is 19.4 Å². The molecule has 0 amide bonds. The van der Waals surface area contributed by atoms with Gasteiger partial charge in [0.1, 0.15) is 0 Å². The molecule has 2 aliphatic rings. The number of morpholine rings is 1. The molecule has 17 heavy (non-hydrogen) atoms. The van der Waals surface area contributed by atoms with Crippen LogP contribution in [0.4, 0.5) is 0 Å². The molecule has 2 heterocycles. The first-order chi connectivity index (χ1) is 8.15. The summed E-state index contributed by atoms with van der Waals surface area (Å²) in [5.74, 6) is 0. The van der Waals surface area contributed by atoms with Crippen LogP contribution < -0.4 is 0 Å². The Labute approximate surface area is 105 Å². The summed E-state index contributed by atoms with van der Waals surface area (Å²) < 4.78 is 5.83. The van der Waals surface area contributed by atoms with Crippen molar-refractivity contribution in [3.63, 3.8) is 0 Å². The lowest BCUT2D eigenvalue weighted by Crippen LogP contribution is -2.49. The SMILES string of the molecule is CN1CCOC(CN2CCC(N(C)C)CC2)C1. The summed E-state index contributed by atoms with van der Waals surface area (Å²) in [7, 11) is 6.58. The molecule has 4 nitrogen and oxygen atoms in total. The molecule has 2 rings (SSSR count). The van der Waals surface area contributed by atoms with Crippen LogP contribution in [0.3, 0.4) is 0 Å². The van der Waals surface area contributed by atoms with E-state index in [0.717, 1.165) is 32.3 Å². The molecule has 100 valence electrons. The molecular weight excluding hydrogens is 214 g/mol. The van der Waals surface area contributed by atoms with Crippen molar-refractivity contribution >= 4 is 0 Å². The van der Waals surface area contributed by atoms with Crippen molar-refractivity contribution in [2.75, 3.05) is 60.5 Å². The van der Waals surface area contributed by atoms with Crippen molar-refractivity contribution in [1.82, 2.24) is 14.7 Å². The standard InChI is InChI=1S/C13H27N3O/c1-14(2)12-4-6-16(7-5-12)11-13-10-15(3)8-9-17-13/h12-13H,4-11H2,1-3H3. The maximum atomic E-state index is 5.83. The van der Waals surface area contributed by atoms with Crippen molar-refractivity contribution in [3.8, 4) is 0 Å². The summed E-state index contributed by atoms with van der Waals surface area (Å²) in [6.45, 7) is 6.64. The molecule has 0 radical (unpaired) electrons. The number of piperidine rings is 1. The fraction of sp³-hybridized carbons (Fsp3) is 1.00. The highest BCUT2D eigenvalue weighted by molar-refractivity contribution is 4.80. The Bertz CT molecular complexity index is 227. The molecule has 0 aromatic heterocycles. The van der Waals surface area contributed by atoms with Gasteiger partial charge in [-0.25, -0.2) is 0 Å². The summed E-state index contributed by atoms with van der Waals surface area (Å²) in [4.78, 5) is 7.31. The van der Waals surface area contributed by atoms with E-state index in [2.05, 4.69) is 35.8 Å². The second-order valence-electron chi connectivity index (χ2n) is 5.75. The van der Waals surface area contributed by atoms with Crippen LogP contribution in [0.15, 0.2) is 0 Å². The average molecular weight is 241 g/mol. The third-order valence-electron chi connectivity index (χ3n) is 4.09. The lowest BCUT2D eigenvalue weighted by atomic mass is 10.0. The Morgan fingerprint density at radius 2 is 1.88 bits per heavy atom. The van der Waals surface area contributed by atoms with Crippen molar-refractivity contribution in [2.24, 2.45) is 0 Å². The quantitative estimate of drug-likeness (QED) is 0.709. The van der Waals surface area contributed by atoms with Crippen LogP contribution in [-0.2, 0) is 4.74 Å². The highest BCUT2D eigenvalue weighted by Crippen LogP contribution is 2.15. The predicted octanol–water partition coefficient (Wildman–Crippen LogP) is 0.343. The number of rotatable bonds is 3. The first-order valence-corrected chi connectivity index (χ1v) is 6.84. The third-order valence-corrected chi connectivity index (χ3v) is 4.09. The first kappa shape index (κ1) is 13.3. The largest absolute Gasteiger partial charge is 0.374 e. The van der Waals surface area contributed by atoms with E-state index in [-0.39, 0.29) is 0 Å². The van der Waals surface area contributed by atoms with E-state index in [1.807, 2.05) is 0 Å². The van der Waals surface area contributed by atoms with Gasteiger partial charge in [0, 0.05) is 25.7 Å². The normalized spacial score (nSPS) is 30.0. The number of hydrogen-bond donors (Lipinski definition) is 0. The molecule has 1 unspecified atom stereocenters. The van der Waals surface area contributed by atoms with Crippen LogP contribution in [0.1, 0.15) is 12.8 Å². The Kier molecular flexibility index (Phi) is 4.79. The number of hydrogen-bond acceptors (Lipinski definition) is 4. The van der Waals surface area contributed by atoms with Gasteiger partial charge in [-0.1, -0.05) is 0 Å². The van der Waals surface area contributed by atoms with Gasteiger partial charge in [0.2, 0.25) is 0 Å². The topological polar surface area (TPSA) is 19.0 Å². The molecule has 2 fully saturated rings. The van der Waals surface area contributed by atoms with Gasteiger partial charge in [0.15, 0.2) is 0 Å². The molecule has 0 spiro atoms. The summed E-state index contributed by atoms with van der Waals surface area (Å²) in [6.07, 6.45) is 3.02. The van der Waals surface area contributed by atoms with E-state index in [1.54, 1.807) is 0 Å². The average Bonchev–Trinajstić information content (AvgIpc) is 2.29. The Balaban J connectivity index is 1.70. The van der Waals surface area contributed by atoms with Crippen LogP contribution >= 0.6 is 0 Å². The first-order valence-electron chi connectivity index (χ1n) is 6.84. The molecule has 2 aliphatic heterocycles. The molecule has 1 atom stereocenters. The molecule has 0 aromatic rings. The Morgan fingerprint density at radius 3 is 2.47 bits per heavy atom. The number of likely N-dealkylation sites (tertiary alicyclic amines) is 1. The van der Waals surface area contributed by atoms with Crippen LogP contribution in [0, 0.1) is 0 Å². The predicted molar refractivity (Wildman–Crippen MR) is 70.4 cm³/mol. The van der Waals surface area contributed by atoms with Gasteiger partial charge in [-0.3, -0.25) is 0 Å². The number of ether oxygens (including phenoxy) is 1. The zero-order valence-electron chi connectivity index (χ0n) is 11.6. The van der Waals surface area contributed by atoms with E-state index in [4.69, 9.17) is 4.74 Å². The molecule has 2 saturated heterocycles. The number of likely N-dealkylation sites (N-methyl/N-ethyl adjacent to an activating group) is 1. The summed E-state index contributed by atoms with van der Waals surface area (Å²) >= 11 is 0. The van der Waals surface area contributed by atoms with Crippen LogP contribution in [0.25, 0.3) is 0 Å². The second kappa shape index (κ2) is 6.14. The minimum absolute atomic E-state index is 0.421. The minimum atomic E-state index is 0.421. The molecule has 4 heteroatoms. The third kappa shape index (κ3) is 3.91. The van der Waals surface area contributed by atoms with Crippen molar-refractivity contribution < 1.29 is 4.74 Å². The van der Waals surface area contributed by atoms with E-state index in [0.29, 0.717) is 6.10 Å². The van der Waals surface area contributed by atoms with Crippen molar-refractivity contribution in [3.05, 3.63) is 0 Å². The molecule has 0 saturated carbocycles. The van der Waals surface area contributed by atoms with Gasteiger partial charge in [0.25, 0.3) is 0 Å². The van der Waals surface area contributed by atoms with Crippen molar-refractivity contribution in [2.45, 2.75) is 25.0 Å². The van der Waals surface area contributed by atoms with Crippen LogP contribution in [0.2, 0.25) is 0 Å². The zero-order valence-corrected chi connectivity index (χ0v) is 11.6. The highest BCUT2D eigenvalue weighted by Gasteiger charge is 2.25. The molecule has 0 N–H and O–H groups in total. The minimum Gasteiger partial charge on any atom is -0.374 e.